The van der Waals surface area contributed by atoms with Crippen molar-refractivity contribution in [3.8, 4) is 0 Å². The van der Waals surface area contributed by atoms with Gasteiger partial charge in [-0.1, -0.05) is 0 Å². The van der Waals surface area contributed by atoms with Crippen LogP contribution >= 0.6 is 0 Å². The fourth-order valence-electron chi connectivity index (χ4n) is 0.864. The molecule has 1 rings (SSSR count). The maximum atomic E-state index is 9.01. The van der Waals surface area contributed by atoms with E-state index in [0.717, 1.165) is 6.61 Å². The van der Waals surface area contributed by atoms with E-state index >= 15 is 0 Å². The van der Waals surface area contributed by atoms with Gasteiger partial charge in [0, 0.05) is 6.42 Å². The van der Waals surface area contributed by atoms with Crippen molar-refractivity contribution >= 4 is 0 Å². The Morgan fingerprint density at radius 3 is 2.70 bits per heavy atom. The lowest BCUT2D eigenvalue weighted by Gasteiger charge is -2.28. The summed E-state index contributed by atoms with van der Waals surface area (Å²) in [5.41, 5.74) is 0. The quantitative estimate of drug-likeness (QED) is 0.429. The predicted octanol–water partition coefficient (Wildman–Crippen LogP) is -1.35. The Balaban J connectivity index is 2.33. The van der Waals surface area contributed by atoms with E-state index in [9.17, 15) is 0 Å². The molecule has 0 amide bonds. The lowest BCUT2D eigenvalue weighted by molar-refractivity contribution is -0.0968. The minimum Gasteiger partial charge on any atom is -0.394 e. The number of hydrogen-bond acceptors (Lipinski definition) is 4. The first kappa shape index (κ1) is 7.94. The second kappa shape index (κ2) is 3.30. The Morgan fingerprint density at radius 1 is 1.50 bits per heavy atom. The zero-order valence-corrected chi connectivity index (χ0v) is 5.47. The summed E-state index contributed by atoms with van der Waals surface area (Å²) in [5, 5.41) is 26.4. The van der Waals surface area contributed by atoms with Gasteiger partial charge in [-0.3, -0.25) is 0 Å². The Bertz CT molecular complexity index is 106. The molecule has 3 atom stereocenters. The zero-order chi connectivity index (χ0) is 7.56. The first-order valence-electron chi connectivity index (χ1n) is 3.20. The highest BCUT2D eigenvalue weighted by Crippen LogP contribution is 2.16. The molecule has 0 aromatic heterocycles. The Labute approximate surface area is 59.1 Å². The normalized spacial score (nSPS) is 41.7. The van der Waals surface area contributed by atoms with Crippen molar-refractivity contribution in [2.45, 2.75) is 24.7 Å². The smallest absolute Gasteiger partial charge is 0.115 e. The molecule has 1 fully saturated rings. The topological polar surface area (TPSA) is 69.9 Å². The molecule has 0 aromatic rings. The van der Waals surface area contributed by atoms with E-state index in [1.54, 1.807) is 0 Å². The van der Waals surface area contributed by atoms with Crippen LogP contribution in [0.1, 0.15) is 6.42 Å². The van der Waals surface area contributed by atoms with Gasteiger partial charge in [0.15, 0.2) is 0 Å². The van der Waals surface area contributed by atoms with Gasteiger partial charge >= 0.3 is 0 Å². The number of aliphatic hydroxyl groups is 3. The number of hydrogen-bond donors (Lipinski definition) is 3. The Morgan fingerprint density at radius 2 is 2.20 bits per heavy atom. The van der Waals surface area contributed by atoms with Gasteiger partial charge in [-0.05, 0) is 0 Å². The molecule has 0 bridgehead atoms. The maximum absolute atomic E-state index is 9.01. The molecule has 1 radical (unpaired) electrons. The molecule has 4 heteroatoms. The Hall–Kier alpha value is -0.160. The summed E-state index contributed by atoms with van der Waals surface area (Å²) in [7, 11) is 0. The SMILES string of the molecule is OC[C@@H]1C[C@H](O)[C@@H](O)[CH]O1. The van der Waals surface area contributed by atoms with Gasteiger partial charge in [0.05, 0.1) is 18.8 Å². The summed E-state index contributed by atoms with van der Waals surface area (Å²) < 4.78 is 4.82. The minimum absolute atomic E-state index is 0.125. The van der Waals surface area contributed by atoms with E-state index in [1.807, 2.05) is 0 Å². The zero-order valence-electron chi connectivity index (χ0n) is 5.47. The molecule has 10 heavy (non-hydrogen) atoms. The van der Waals surface area contributed by atoms with Crippen molar-refractivity contribution in [3.63, 3.8) is 0 Å². The molecular formula is C6H11O4. The Kier molecular flexibility index (Phi) is 2.62. The van der Waals surface area contributed by atoms with Crippen molar-refractivity contribution in [1.29, 1.82) is 0 Å². The summed E-state index contributed by atoms with van der Waals surface area (Å²) in [6.07, 6.45) is -1.79. The highest BCUT2D eigenvalue weighted by atomic mass is 16.5. The number of ether oxygens (including phenoxy) is 1. The number of aliphatic hydroxyl groups excluding tert-OH is 3. The fraction of sp³-hybridized carbons (Fsp3) is 0.833. The van der Waals surface area contributed by atoms with Crippen LogP contribution in [-0.4, -0.2) is 40.2 Å². The van der Waals surface area contributed by atoms with Gasteiger partial charge in [-0.2, -0.15) is 0 Å². The van der Waals surface area contributed by atoms with Crippen LogP contribution in [0.2, 0.25) is 0 Å². The van der Waals surface area contributed by atoms with Crippen LogP contribution in [0.25, 0.3) is 0 Å². The van der Waals surface area contributed by atoms with Gasteiger partial charge in [0.25, 0.3) is 0 Å². The van der Waals surface area contributed by atoms with Crippen LogP contribution in [0, 0.1) is 6.61 Å². The summed E-state index contributed by atoms with van der Waals surface area (Å²) in [4.78, 5) is 0. The van der Waals surface area contributed by atoms with E-state index in [-0.39, 0.29) is 19.1 Å². The summed E-state index contributed by atoms with van der Waals surface area (Å²) in [6, 6.07) is 0. The van der Waals surface area contributed by atoms with Crippen LogP contribution in [0.4, 0.5) is 0 Å². The summed E-state index contributed by atoms with van der Waals surface area (Å²) in [6.45, 7) is 1.02. The lowest BCUT2D eigenvalue weighted by Crippen LogP contribution is -2.39. The third kappa shape index (κ3) is 1.67. The summed E-state index contributed by atoms with van der Waals surface area (Å²) >= 11 is 0. The molecule has 0 aromatic carbocycles. The lowest BCUT2D eigenvalue weighted by atomic mass is 10.0. The standard InChI is InChI=1S/C6H11O4/c7-2-4-1-5(8)6(9)3-10-4/h3-9H,1-2H2/t4-,5-,6-/m0/s1. The second-order valence-corrected chi connectivity index (χ2v) is 2.37. The average Bonchev–Trinajstić information content (AvgIpc) is 1.95. The molecule has 0 spiro atoms. The van der Waals surface area contributed by atoms with E-state index in [1.165, 1.54) is 0 Å². The average molecular weight is 147 g/mol. The fourth-order valence-corrected chi connectivity index (χ4v) is 0.864. The van der Waals surface area contributed by atoms with Crippen LogP contribution in [0.15, 0.2) is 0 Å². The van der Waals surface area contributed by atoms with E-state index in [4.69, 9.17) is 20.1 Å². The maximum Gasteiger partial charge on any atom is 0.115 e. The summed E-state index contributed by atoms with van der Waals surface area (Å²) in [5.74, 6) is 0. The molecule has 1 aliphatic heterocycles. The number of rotatable bonds is 1. The third-order valence-corrected chi connectivity index (χ3v) is 1.51. The molecule has 59 valence electrons. The third-order valence-electron chi connectivity index (χ3n) is 1.51. The largest absolute Gasteiger partial charge is 0.394 e. The van der Waals surface area contributed by atoms with Crippen LogP contribution in [0.3, 0.4) is 0 Å². The minimum atomic E-state index is -0.914. The van der Waals surface area contributed by atoms with E-state index in [0.29, 0.717) is 0 Å². The molecule has 4 nitrogen and oxygen atoms in total. The molecule has 1 heterocycles. The molecule has 1 saturated heterocycles. The van der Waals surface area contributed by atoms with Crippen LogP contribution < -0.4 is 0 Å². The van der Waals surface area contributed by atoms with Crippen molar-refractivity contribution in [2.75, 3.05) is 6.61 Å². The predicted molar refractivity (Wildman–Crippen MR) is 32.9 cm³/mol. The van der Waals surface area contributed by atoms with Gasteiger partial charge in [0.1, 0.15) is 12.7 Å². The van der Waals surface area contributed by atoms with Crippen molar-refractivity contribution in [2.24, 2.45) is 0 Å². The molecule has 1 aliphatic rings. The highest BCUT2D eigenvalue weighted by molar-refractivity contribution is 4.83. The van der Waals surface area contributed by atoms with Gasteiger partial charge in [0.2, 0.25) is 0 Å². The first-order chi connectivity index (χ1) is 4.74. The van der Waals surface area contributed by atoms with Crippen molar-refractivity contribution in [1.82, 2.24) is 0 Å². The molecular weight excluding hydrogens is 136 g/mol. The van der Waals surface area contributed by atoms with Crippen molar-refractivity contribution < 1.29 is 20.1 Å². The van der Waals surface area contributed by atoms with Gasteiger partial charge in [-0.15, -0.1) is 0 Å². The van der Waals surface area contributed by atoms with Crippen LogP contribution in [0.5, 0.6) is 0 Å². The van der Waals surface area contributed by atoms with Crippen LogP contribution in [-0.2, 0) is 4.74 Å². The van der Waals surface area contributed by atoms with Gasteiger partial charge in [-0.25, -0.2) is 0 Å². The van der Waals surface area contributed by atoms with E-state index < -0.39 is 12.2 Å². The first-order valence-corrected chi connectivity index (χ1v) is 3.20. The van der Waals surface area contributed by atoms with Crippen molar-refractivity contribution in [3.05, 3.63) is 6.61 Å². The second-order valence-electron chi connectivity index (χ2n) is 2.37. The molecule has 0 unspecified atom stereocenters. The monoisotopic (exact) mass is 147 g/mol. The van der Waals surface area contributed by atoms with Gasteiger partial charge < -0.3 is 20.1 Å². The highest BCUT2D eigenvalue weighted by Gasteiger charge is 2.27. The molecule has 3 N–H and O–H groups in total. The molecule has 0 aliphatic carbocycles. The van der Waals surface area contributed by atoms with E-state index in [2.05, 4.69) is 0 Å². The molecule has 0 saturated carbocycles.